The minimum atomic E-state index is 0.0717. The summed E-state index contributed by atoms with van der Waals surface area (Å²) in [5.74, 6) is 1.45. The predicted molar refractivity (Wildman–Crippen MR) is 91.5 cm³/mol. The summed E-state index contributed by atoms with van der Waals surface area (Å²) in [6, 6.07) is 18.2. The van der Waals surface area contributed by atoms with E-state index in [9.17, 15) is 4.79 Å². The average Bonchev–Trinajstić information content (AvgIpc) is 3.41. The molecule has 1 aliphatic rings. The molecule has 0 radical (unpaired) electrons. The Morgan fingerprint density at radius 1 is 1.13 bits per heavy atom. The van der Waals surface area contributed by atoms with Gasteiger partial charge in [0.15, 0.2) is 0 Å². The fourth-order valence-electron chi connectivity index (χ4n) is 3.19. The fourth-order valence-corrected chi connectivity index (χ4v) is 3.19. The van der Waals surface area contributed by atoms with Gasteiger partial charge in [0.2, 0.25) is 5.91 Å². The van der Waals surface area contributed by atoms with Crippen molar-refractivity contribution >= 4 is 5.91 Å². The van der Waals surface area contributed by atoms with Crippen LogP contribution in [0.1, 0.15) is 36.4 Å². The van der Waals surface area contributed by atoms with Crippen LogP contribution in [0.3, 0.4) is 0 Å². The summed E-state index contributed by atoms with van der Waals surface area (Å²) in [6.07, 6.45) is 0.908. The van der Waals surface area contributed by atoms with Crippen LogP contribution >= 0.6 is 0 Å². The summed E-state index contributed by atoms with van der Waals surface area (Å²) < 4.78 is 5.43. The maximum Gasteiger partial charge on any atom is 0.226 e. The quantitative estimate of drug-likeness (QED) is 0.835. The van der Waals surface area contributed by atoms with Crippen molar-refractivity contribution in [2.24, 2.45) is 5.92 Å². The smallest absolute Gasteiger partial charge is 0.226 e. The van der Waals surface area contributed by atoms with Gasteiger partial charge in [-0.3, -0.25) is 4.79 Å². The zero-order valence-corrected chi connectivity index (χ0v) is 13.9. The van der Waals surface area contributed by atoms with Crippen LogP contribution in [0.15, 0.2) is 54.6 Å². The van der Waals surface area contributed by atoms with Crippen LogP contribution < -0.4 is 4.74 Å². The van der Waals surface area contributed by atoms with Crippen molar-refractivity contribution < 1.29 is 9.53 Å². The molecule has 0 saturated heterocycles. The first kappa shape index (κ1) is 15.6. The fraction of sp³-hybridized carbons (Fsp3) is 0.350. The van der Waals surface area contributed by atoms with Gasteiger partial charge in [-0.05, 0) is 36.5 Å². The number of rotatable bonds is 5. The molecule has 0 heterocycles. The Morgan fingerprint density at radius 2 is 1.78 bits per heavy atom. The second kappa shape index (κ2) is 6.45. The molecule has 1 fully saturated rings. The third-order valence-corrected chi connectivity index (χ3v) is 4.86. The van der Waals surface area contributed by atoms with E-state index in [0.29, 0.717) is 0 Å². The topological polar surface area (TPSA) is 29.5 Å². The zero-order valence-electron chi connectivity index (χ0n) is 13.9. The number of hydrogen-bond acceptors (Lipinski definition) is 2. The van der Waals surface area contributed by atoms with E-state index in [2.05, 4.69) is 25.1 Å². The van der Waals surface area contributed by atoms with Gasteiger partial charge < -0.3 is 9.64 Å². The van der Waals surface area contributed by atoms with E-state index in [1.54, 1.807) is 7.11 Å². The molecule has 1 amide bonds. The third kappa shape index (κ3) is 3.09. The SMILES string of the molecule is COc1ccccc1[C@@H]1C[C@H]1C(=O)N(C)[C@H](C)c1ccccc1. The van der Waals surface area contributed by atoms with Crippen molar-refractivity contribution in [3.05, 3.63) is 65.7 Å². The Kier molecular flexibility index (Phi) is 4.37. The number of amides is 1. The summed E-state index contributed by atoms with van der Waals surface area (Å²) in [5, 5.41) is 0. The Hall–Kier alpha value is -2.29. The van der Waals surface area contributed by atoms with Crippen molar-refractivity contribution in [1.82, 2.24) is 4.90 Å². The normalized spacial score (nSPS) is 20.7. The van der Waals surface area contributed by atoms with Gasteiger partial charge in [-0.15, -0.1) is 0 Å². The van der Waals surface area contributed by atoms with Crippen molar-refractivity contribution in [3.8, 4) is 5.75 Å². The monoisotopic (exact) mass is 309 g/mol. The first-order valence-corrected chi connectivity index (χ1v) is 8.08. The Bertz CT molecular complexity index is 683. The van der Waals surface area contributed by atoms with Gasteiger partial charge in [-0.2, -0.15) is 0 Å². The number of hydrogen-bond donors (Lipinski definition) is 0. The second-order valence-corrected chi connectivity index (χ2v) is 6.23. The lowest BCUT2D eigenvalue weighted by atomic mass is 10.1. The molecule has 1 aliphatic carbocycles. The molecule has 0 aromatic heterocycles. The number of carbonyl (C=O) groups is 1. The van der Waals surface area contributed by atoms with E-state index in [0.717, 1.165) is 23.3 Å². The highest BCUT2D eigenvalue weighted by Crippen LogP contribution is 2.51. The molecule has 3 atom stereocenters. The standard InChI is InChI=1S/C20H23NO2/c1-14(15-9-5-4-6-10-15)21(2)20(22)18-13-17(18)16-11-7-8-12-19(16)23-3/h4-12,14,17-18H,13H2,1-3H3/t14-,17+,18-/m1/s1. The highest BCUT2D eigenvalue weighted by Gasteiger charge is 2.46. The molecule has 2 aromatic rings. The minimum absolute atomic E-state index is 0.0717. The molecule has 3 rings (SSSR count). The summed E-state index contributed by atoms with van der Waals surface area (Å²) in [4.78, 5) is 14.7. The second-order valence-electron chi connectivity index (χ2n) is 6.23. The predicted octanol–water partition coefficient (Wildman–Crippen LogP) is 4.02. The van der Waals surface area contributed by atoms with E-state index in [-0.39, 0.29) is 23.8 Å². The van der Waals surface area contributed by atoms with E-state index in [4.69, 9.17) is 4.74 Å². The molecule has 0 bridgehead atoms. The van der Waals surface area contributed by atoms with Crippen molar-refractivity contribution in [2.75, 3.05) is 14.2 Å². The van der Waals surface area contributed by atoms with E-state index in [1.807, 2.05) is 48.3 Å². The van der Waals surface area contributed by atoms with Gasteiger partial charge >= 0.3 is 0 Å². The first-order chi connectivity index (χ1) is 11.1. The van der Waals surface area contributed by atoms with Crippen molar-refractivity contribution in [3.63, 3.8) is 0 Å². The molecule has 0 N–H and O–H groups in total. The summed E-state index contributed by atoms with van der Waals surface area (Å²) >= 11 is 0. The van der Waals surface area contributed by atoms with Gasteiger partial charge in [0.05, 0.1) is 13.2 Å². The summed E-state index contributed by atoms with van der Waals surface area (Å²) in [7, 11) is 3.58. The molecule has 1 saturated carbocycles. The molecule has 3 heteroatoms. The van der Waals surface area contributed by atoms with Gasteiger partial charge in [-0.25, -0.2) is 0 Å². The largest absolute Gasteiger partial charge is 0.496 e. The summed E-state index contributed by atoms with van der Waals surface area (Å²) in [5.41, 5.74) is 2.31. The van der Waals surface area contributed by atoms with Crippen molar-refractivity contribution in [2.45, 2.75) is 25.3 Å². The lowest BCUT2D eigenvalue weighted by Crippen LogP contribution is -2.31. The highest BCUT2D eigenvalue weighted by atomic mass is 16.5. The van der Waals surface area contributed by atoms with Gasteiger partial charge in [0.1, 0.15) is 5.75 Å². The van der Waals surface area contributed by atoms with Crippen molar-refractivity contribution in [1.29, 1.82) is 0 Å². The van der Waals surface area contributed by atoms with Gasteiger partial charge in [0.25, 0.3) is 0 Å². The molecular formula is C20H23NO2. The number of carbonyl (C=O) groups excluding carboxylic acids is 1. The molecule has 0 spiro atoms. The van der Waals surface area contributed by atoms with Crippen LogP contribution in [0.5, 0.6) is 5.75 Å². The Labute approximate surface area is 137 Å². The Balaban J connectivity index is 1.70. The van der Waals surface area contributed by atoms with E-state index < -0.39 is 0 Å². The lowest BCUT2D eigenvalue weighted by molar-refractivity contribution is -0.133. The molecule has 2 aromatic carbocycles. The zero-order chi connectivity index (χ0) is 16.4. The van der Waals surface area contributed by atoms with E-state index in [1.165, 1.54) is 0 Å². The van der Waals surface area contributed by atoms with Gasteiger partial charge in [0, 0.05) is 13.0 Å². The third-order valence-electron chi connectivity index (χ3n) is 4.86. The van der Waals surface area contributed by atoms with Crippen LogP contribution in [0.4, 0.5) is 0 Å². The summed E-state index contributed by atoms with van der Waals surface area (Å²) in [6.45, 7) is 2.08. The first-order valence-electron chi connectivity index (χ1n) is 8.08. The molecule has 23 heavy (non-hydrogen) atoms. The molecular weight excluding hydrogens is 286 g/mol. The maximum absolute atomic E-state index is 12.8. The molecule has 3 nitrogen and oxygen atoms in total. The molecule has 120 valence electrons. The maximum atomic E-state index is 12.8. The Morgan fingerprint density at radius 3 is 2.48 bits per heavy atom. The van der Waals surface area contributed by atoms with Gasteiger partial charge in [-0.1, -0.05) is 48.5 Å². The highest BCUT2D eigenvalue weighted by molar-refractivity contribution is 5.83. The number of methoxy groups -OCH3 is 1. The van der Waals surface area contributed by atoms with E-state index >= 15 is 0 Å². The molecule has 0 aliphatic heterocycles. The number of para-hydroxylation sites is 1. The number of benzene rings is 2. The average molecular weight is 309 g/mol. The number of ether oxygens (including phenoxy) is 1. The molecule has 0 unspecified atom stereocenters. The van der Waals surface area contributed by atoms with Crippen LogP contribution in [-0.4, -0.2) is 25.0 Å². The number of nitrogens with zero attached hydrogens (tertiary/aromatic N) is 1. The van der Waals surface area contributed by atoms with Crippen LogP contribution in [-0.2, 0) is 4.79 Å². The van der Waals surface area contributed by atoms with Crippen LogP contribution in [0.2, 0.25) is 0 Å². The van der Waals surface area contributed by atoms with Crippen LogP contribution in [0, 0.1) is 5.92 Å². The lowest BCUT2D eigenvalue weighted by Gasteiger charge is -2.25. The minimum Gasteiger partial charge on any atom is -0.496 e. The van der Waals surface area contributed by atoms with Crippen LogP contribution in [0.25, 0.3) is 0 Å².